The second-order valence-electron chi connectivity index (χ2n) is 5.87. The lowest BCUT2D eigenvalue weighted by molar-refractivity contribution is -0.0893. The van der Waals surface area contributed by atoms with E-state index in [1.807, 2.05) is 39.8 Å². The van der Waals surface area contributed by atoms with Gasteiger partial charge in [0.05, 0.1) is 17.3 Å². The van der Waals surface area contributed by atoms with E-state index in [2.05, 4.69) is 4.98 Å². The smallest absolute Gasteiger partial charge is 0.351 e. The molecule has 0 aliphatic heterocycles. The number of hydrogen-bond donors (Lipinski definition) is 1. The minimum absolute atomic E-state index is 0.0801. The number of aromatic nitrogens is 1. The van der Waals surface area contributed by atoms with Crippen molar-refractivity contribution in [2.45, 2.75) is 58.8 Å². The average Bonchev–Trinajstić information content (AvgIpc) is 2.24. The SMILES string of the molecule is CC(C)Oc1cccc([B]OC(C)(C)C(C)(C)O)n1. The first kappa shape index (κ1) is 16.0. The summed E-state index contributed by atoms with van der Waals surface area (Å²) in [6.07, 6.45) is 0.0801. The van der Waals surface area contributed by atoms with Crippen molar-refractivity contribution < 1.29 is 14.5 Å². The first-order valence-corrected chi connectivity index (χ1v) is 6.49. The van der Waals surface area contributed by atoms with E-state index < -0.39 is 11.2 Å². The van der Waals surface area contributed by atoms with Crippen LogP contribution >= 0.6 is 0 Å². The number of rotatable bonds is 6. The third kappa shape index (κ3) is 4.84. The molecule has 0 aromatic carbocycles. The van der Waals surface area contributed by atoms with Crippen LogP contribution in [0.15, 0.2) is 18.2 Å². The van der Waals surface area contributed by atoms with Gasteiger partial charge in [0, 0.05) is 11.7 Å². The highest BCUT2D eigenvalue weighted by molar-refractivity contribution is 6.45. The maximum atomic E-state index is 10.0. The molecule has 0 fully saturated rings. The fraction of sp³-hybridized carbons (Fsp3) is 0.643. The summed E-state index contributed by atoms with van der Waals surface area (Å²) in [6.45, 7) is 11.0. The van der Waals surface area contributed by atoms with Crippen LogP contribution in [-0.2, 0) is 4.65 Å². The molecule has 0 saturated heterocycles. The lowest BCUT2D eigenvalue weighted by Gasteiger charge is -2.37. The van der Waals surface area contributed by atoms with Crippen LogP contribution < -0.4 is 10.3 Å². The summed E-state index contributed by atoms with van der Waals surface area (Å²) in [5.74, 6) is 0.563. The number of pyridine rings is 1. The maximum absolute atomic E-state index is 10.0. The Labute approximate surface area is 116 Å². The number of nitrogens with zero attached hydrogens (tertiary/aromatic N) is 1. The summed E-state index contributed by atoms with van der Waals surface area (Å²) in [5.41, 5.74) is -0.991. The summed E-state index contributed by atoms with van der Waals surface area (Å²) < 4.78 is 11.2. The van der Waals surface area contributed by atoms with Gasteiger partial charge in [0.2, 0.25) is 5.88 Å². The minimum Gasteiger partial charge on any atom is -0.475 e. The quantitative estimate of drug-likeness (QED) is 0.794. The van der Waals surface area contributed by atoms with Crippen molar-refractivity contribution in [3.8, 4) is 5.88 Å². The fourth-order valence-electron chi connectivity index (χ4n) is 1.16. The van der Waals surface area contributed by atoms with E-state index in [0.29, 0.717) is 11.5 Å². The van der Waals surface area contributed by atoms with E-state index in [9.17, 15) is 5.11 Å². The summed E-state index contributed by atoms with van der Waals surface area (Å²) in [4.78, 5) is 4.31. The normalized spacial score (nSPS) is 12.6. The van der Waals surface area contributed by atoms with Crippen LogP contribution in [0.2, 0.25) is 0 Å². The molecular weight excluding hydrogens is 241 g/mol. The third-order valence-corrected chi connectivity index (χ3v) is 3.05. The molecule has 1 aromatic rings. The van der Waals surface area contributed by atoms with E-state index in [1.54, 1.807) is 27.4 Å². The molecule has 0 aliphatic rings. The van der Waals surface area contributed by atoms with Crippen LogP contribution in [-0.4, -0.2) is 34.9 Å². The molecule has 1 N–H and O–H groups in total. The van der Waals surface area contributed by atoms with Crippen molar-refractivity contribution in [1.29, 1.82) is 0 Å². The molecule has 1 aromatic heterocycles. The van der Waals surface area contributed by atoms with Gasteiger partial charge < -0.3 is 14.5 Å². The third-order valence-electron chi connectivity index (χ3n) is 3.05. The Morgan fingerprint density at radius 2 is 1.84 bits per heavy atom. The minimum atomic E-state index is -0.949. The molecule has 1 rings (SSSR count). The van der Waals surface area contributed by atoms with Gasteiger partial charge in [-0.3, -0.25) is 0 Å². The van der Waals surface area contributed by atoms with Gasteiger partial charge in [-0.25, -0.2) is 4.98 Å². The molecule has 0 bridgehead atoms. The van der Waals surface area contributed by atoms with Crippen LogP contribution in [0.4, 0.5) is 0 Å². The highest BCUT2D eigenvalue weighted by Crippen LogP contribution is 2.24. The van der Waals surface area contributed by atoms with Crippen molar-refractivity contribution in [1.82, 2.24) is 4.98 Å². The van der Waals surface area contributed by atoms with Crippen LogP contribution in [0.3, 0.4) is 0 Å². The standard InChI is InChI=1S/C14H23BNO3/c1-10(2)18-12-9-7-8-11(16-12)15-19-14(5,6)13(3,4)17/h7-10,17H,1-6H3. The summed E-state index contributed by atoms with van der Waals surface area (Å²) in [5, 5.41) is 10.0. The highest BCUT2D eigenvalue weighted by Gasteiger charge is 2.35. The molecule has 0 amide bonds. The second-order valence-corrected chi connectivity index (χ2v) is 5.87. The van der Waals surface area contributed by atoms with E-state index in [1.165, 1.54) is 0 Å². The zero-order chi connectivity index (χ0) is 14.7. The number of aliphatic hydroxyl groups is 1. The van der Waals surface area contributed by atoms with E-state index in [-0.39, 0.29) is 6.10 Å². The van der Waals surface area contributed by atoms with Crippen LogP contribution in [0, 0.1) is 0 Å². The van der Waals surface area contributed by atoms with Gasteiger partial charge in [0.1, 0.15) is 0 Å². The van der Waals surface area contributed by atoms with Gasteiger partial charge in [-0.2, -0.15) is 0 Å². The average molecular weight is 264 g/mol. The van der Waals surface area contributed by atoms with E-state index in [4.69, 9.17) is 9.39 Å². The van der Waals surface area contributed by atoms with Crippen molar-refractivity contribution >= 4 is 13.1 Å². The zero-order valence-electron chi connectivity index (χ0n) is 12.6. The van der Waals surface area contributed by atoms with Crippen LogP contribution in [0.25, 0.3) is 0 Å². The molecule has 0 aliphatic carbocycles. The van der Waals surface area contributed by atoms with Crippen molar-refractivity contribution in [2.75, 3.05) is 0 Å². The van der Waals surface area contributed by atoms with Gasteiger partial charge in [0.25, 0.3) is 0 Å². The summed E-state index contributed by atoms with van der Waals surface area (Å²) in [6, 6.07) is 5.49. The van der Waals surface area contributed by atoms with Gasteiger partial charge in [-0.1, -0.05) is 6.07 Å². The first-order chi connectivity index (χ1) is 8.62. The molecule has 1 radical (unpaired) electrons. The summed E-state index contributed by atoms with van der Waals surface area (Å²) in [7, 11) is 1.55. The van der Waals surface area contributed by atoms with Crippen LogP contribution in [0.5, 0.6) is 5.88 Å². The van der Waals surface area contributed by atoms with Crippen molar-refractivity contribution in [3.05, 3.63) is 18.2 Å². The van der Waals surface area contributed by atoms with Crippen molar-refractivity contribution in [3.63, 3.8) is 0 Å². The second kappa shape index (κ2) is 5.93. The Hall–Kier alpha value is -1.07. The van der Waals surface area contributed by atoms with Crippen LogP contribution in [0.1, 0.15) is 41.5 Å². The molecule has 0 atom stereocenters. The molecule has 105 valence electrons. The van der Waals surface area contributed by atoms with Gasteiger partial charge in [-0.15, -0.1) is 0 Å². The molecule has 5 heteroatoms. The monoisotopic (exact) mass is 264 g/mol. The van der Waals surface area contributed by atoms with Gasteiger partial charge in [0.15, 0.2) is 0 Å². The van der Waals surface area contributed by atoms with Gasteiger partial charge >= 0.3 is 7.48 Å². The Bertz CT molecular complexity index is 413. The van der Waals surface area contributed by atoms with Gasteiger partial charge in [-0.05, 0) is 47.6 Å². The van der Waals surface area contributed by atoms with E-state index in [0.717, 1.165) is 0 Å². The van der Waals surface area contributed by atoms with E-state index >= 15 is 0 Å². The molecule has 0 saturated carbocycles. The Kier molecular flexibility index (Phi) is 4.99. The predicted molar refractivity (Wildman–Crippen MR) is 76.9 cm³/mol. The topological polar surface area (TPSA) is 51.6 Å². The zero-order valence-corrected chi connectivity index (χ0v) is 12.6. The lowest BCUT2D eigenvalue weighted by Crippen LogP contribution is -2.49. The predicted octanol–water partition coefficient (Wildman–Crippen LogP) is 1.68. The van der Waals surface area contributed by atoms with Crippen molar-refractivity contribution in [2.24, 2.45) is 0 Å². The Morgan fingerprint density at radius 3 is 2.37 bits per heavy atom. The maximum Gasteiger partial charge on any atom is 0.351 e. The fourth-order valence-corrected chi connectivity index (χ4v) is 1.16. The Balaban J connectivity index is 2.68. The summed E-state index contributed by atoms with van der Waals surface area (Å²) >= 11 is 0. The highest BCUT2D eigenvalue weighted by atomic mass is 16.5. The molecule has 4 nitrogen and oxygen atoms in total. The molecule has 1 heterocycles. The molecule has 0 spiro atoms. The number of hydrogen-bond acceptors (Lipinski definition) is 4. The largest absolute Gasteiger partial charge is 0.475 e. The number of ether oxygens (including phenoxy) is 1. The lowest BCUT2D eigenvalue weighted by atomic mass is 9.85. The first-order valence-electron chi connectivity index (χ1n) is 6.49. The molecule has 0 unspecified atom stereocenters. The molecule has 19 heavy (non-hydrogen) atoms. The Morgan fingerprint density at radius 1 is 1.21 bits per heavy atom. The molecular formula is C14H23BNO3.